The normalized spacial score (nSPS) is 19.1. The number of hydrogen-bond donors (Lipinski definition) is 0. The molecule has 0 N–H and O–H groups in total. The summed E-state index contributed by atoms with van der Waals surface area (Å²) in [6, 6.07) is 17.4. The van der Waals surface area contributed by atoms with Crippen LogP contribution in [0.1, 0.15) is 90.8 Å². The lowest BCUT2D eigenvalue weighted by Crippen LogP contribution is -2.33. The number of aryl methyl sites for hydroxylation is 1. The molecule has 1 aliphatic rings. The Bertz CT molecular complexity index is 868. The molecule has 0 radical (unpaired) electrons. The van der Waals surface area contributed by atoms with Crippen LogP contribution in [0.3, 0.4) is 0 Å². The first-order valence-electron chi connectivity index (χ1n) is 12.4. The molecule has 176 valence electrons. The van der Waals surface area contributed by atoms with Crippen LogP contribution < -0.4 is 4.74 Å². The first-order chi connectivity index (χ1) is 14.9. The van der Waals surface area contributed by atoms with E-state index in [9.17, 15) is 0 Å². The number of hydrogen-bond acceptors (Lipinski definition) is 2. The number of rotatable bonds is 8. The average Bonchev–Trinajstić information content (AvgIpc) is 3.08. The third kappa shape index (κ3) is 6.38. The lowest BCUT2D eigenvalue weighted by atomic mass is 9.65. The van der Waals surface area contributed by atoms with Crippen molar-refractivity contribution in [1.82, 2.24) is 0 Å². The van der Waals surface area contributed by atoms with Crippen molar-refractivity contribution in [2.75, 3.05) is 6.61 Å². The predicted octanol–water partition coefficient (Wildman–Crippen LogP) is 8.19. The maximum Gasteiger partial charge on any atom is 0.204 e. The predicted molar refractivity (Wildman–Crippen MR) is 135 cm³/mol. The summed E-state index contributed by atoms with van der Waals surface area (Å²) in [6.45, 7) is 19.0. The van der Waals surface area contributed by atoms with Crippen LogP contribution in [-0.2, 0) is 17.6 Å². The first kappa shape index (κ1) is 24.8. The molecule has 0 spiro atoms. The molecule has 2 unspecified atom stereocenters. The number of unbranched alkanes of at least 4 members (excludes halogenated alkanes) is 1. The molecule has 2 aromatic carbocycles. The Morgan fingerprint density at radius 1 is 0.812 bits per heavy atom. The molecule has 0 amide bonds. The van der Waals surface area contributed by atoms with Gasteiger partial charge in [0.15, 0.2) is 0 Å². The van der Waals surface area contributed by atoms with Crippen molar-refractivity contribution in [3.8, 4) is 5.75 Å². The molecule has 1 aliphatic carbocycles. The van der Waals surface area contributed by atoms with Crippen molar-refractivity contribution in [3.05, 3.63) is 65.2 Å². The molecule has 0 saturated heterocycles. The van der Waals surface area contributed by atoms with Gasteiger partial charge in [-0.3, -0.25) is 0 Å². The zero-order chi connectivity index (χ0) is 23.6. The van der Waals surface area contributed by atoms with Crippen molar-refractivity contribution >= 4 is 0 Å². The van der Waals surface area contributed by atoms with Gasteiger partial charge in [-0.15, -0.1) is 0 Å². The van der Waals surface area contributed by atoms with Gasteiger partial charge in [-0.05, 0) is 77.2 Å². The first-order valence-corrected chi connectivity index (χ1v) is 12.4. The lowest BCUT2D eigenvalue weighted by molar-refractivity contribution is -0.156. The second kappa shape index (κ2) is 9.59. The van der Waals surface area contributed by atoms with Crippen LogP contribution >= 0.6 is 0 Å². The van der Waals surface area contributed by atoms with Crippen molar-refractivity contribution in [3.63, 3.8) is 0 Å². The molecule has 0 heterocycles. The Morgan fingerprint density at radius 3 is 2.12 bits per heavy atom. The quantitative estimate of drug-likeness (QED) is 0.307. The van der Waals surface area contributed by atoms with Crippen molar-refractivity contribution in [2.45, 2.75) is 92.8 Å². The summed E-state index contributed by atoms with van der Waals surface area (Å²) < 4.78 is 12.5. The molecule has 32 heavy (non-hydrogen) atoms. The highest BCUT2D eigenvalue weighted by molar-refractivity contribution is 5.43. The monoisotopic (exact) mass is 436 g/mol. The highest BCUT2D eigenvalue weighted by Gasteiger charge is 2.45. The minimum absolute atomic E-state index is 0.215. The van der Waals surface area contributed by atoms with Crippen molar-refractivity contribution in [1.29, 1.82) is 0 Å². The number of fused-ring (bicyclic) bond motifs is 1. The summed E-state index contributed by atoms with van der Waals surface area (Å²) >= 11 is 0. The summed E-state index contributed by atoms with van der Waals surface area (Å²) in [6.07, 6.45) is 4.41. The van der Waals surface area contributed by atoms with Crippen molar-refractivity contribution in [2.24, 2.45) is 16.7 Å². The van der Waals surface area contributed by atoms with Crippen LogP contribution in [0.5, 0.6) is 5.75 Å². The lowest BCUT2D eigenvalue weighted by Gasteiger charge is -2.40. The second-order valence-electron chi connectivity index (χ2n) is 12.2. The van der Waals surface area contributed by atoms with Gasteiger partial charge in [0.1, 0.15) is 5.75 Å². The maximum absolute atomic E-state index is 6.35. The summed E-state index contributed by atoms with van der Waals surface area (Å²) in [5, 5.41) is 0. The molecule has 0 saturated carbocycles. The summed E-state index contributed by atoms with van der Waals surface area (Å²) in [4.78, 5) is 0. The van der Waals surface area contributed by atoms with E-state index < -0.39 is 5.79 Å². The molecule has 0 bridgehead atoms. The molecule has 2 aromatic rings. The Morgan fingerprint density at radius 2 is 1.50 bits per heavy atom. The fourth-order valence-electron chi connectivity index (χ4n) is 5.27. The molecule has 0 aliphatic heterocycles. The van der Waals surface area contributed by atoms with Crippen LogP contribution in [0.25, 0.3) is 0 Å². The van der Waals surface area contributed by atoms with Gasteiger partial charge in [0.05, 0.1) is 6.61 Å². The second-order valence-corrected chi connectivity index (χ2v) is 12.2. The minimum Gasteiger partial charge on any atom is -0.463 e. The van der Waals surface area contributed by atoms with Gasteiger partial charge in [-0.25, -0.2) is 0 Å². The molecule has 2 nitrogen and oxygen atoms in total. The fraction of sp³-hybridized carbons (Fsp3) is 0.600. The van der Waals surface area contributed by atoms with E-state index in [2.05, 4.69) is 90.1 Å². The molecule has 0 aromatic heterocycles. The number of benzene rings is 2. The average molecular weight is 437 g/mol. The zero-order valence-corrected chi connectivity index (χ0v) is 21.6. The van der Waals surface area contributed by atoms with Gasteiger partial charge in [-0.1, -0.05) is 77.9 Å². The minimum atomic E-state index is -0.639. The number of ether oxygens (including phenoxy) is 2. The van der Waals surface area contributed by atoms with Gasteiger partial charge >= 0.3 is 0 Å². The van der Waals surface area contributed by atoms with Gasteiger partial charge in [-0.2, -0.15) is 0 Å². The highest BCUT2D eigenvalue weighted by atomic mass is 16.7. The fourth-order valence-corrected chi connectivity index (χ4v) is 5.27. The highest BCUT2D eigenvalue weighted by Crippen LogP contribution is 2.54. The van der Waals surface area contributed by atoms with Crippen LogP contribution in [0, 0.1) is 16.7 Å². The standard InChI is InChI=1S/C30H44O2/c1-28(2,3)26-20-23-17-18-24(21-25(23)27(26)29(4,5)6)32-30(7,8)31-19-13-12-16-22-14-10-9-11-15-22/h9-11,14-15,17-18,21,26-27H,12-13,16,19-20H2,1-8H3. The van der Waals surface area contributed by atoms with E-state index in [0.29, 0.717) is 18.4 Å². The largest absolute Gasteiger partial charge is 0.463 e. The Kier molecular flexibility index (Phi) is 7.44. The molecular weight excluding hydrogens is 392 g/mol. The molecule has 2 heteroatoms. The molecule has 2 atom stereocenters. The van der Waals surface area contributed by atoms with E-state index in [1.807, 2.05) is 13.8 Å². The third-order valence-corrected chi connectivity index (χ3v) is 6.86. The van der Waals surface area contributed by atoms with Gasteiger partial charge in [0, 0.05) is 13.8 Å². The smallest absolute Gasteiger partial charge is 0.204 e. The molecule has 3 rings (SSSR count). The van der Waals surface area contributed by atoms with Crippen LogP contribution in [-0.4, -0.2) is 12.4 Å². The molecule has 0 fully saturated rings. The van der Waals surface area contributed by atoms with E-state index in [4.69, 9.17) is 9.47 Å². The zero-order valence-electron chi connectivity index (χ0n) is 21.6. The van der Waals surface area contributed by atoms with E-state index in [1.165, 1.54) is 16.7 Å². The summed E-state index contributed by atoms with van der Waals surface area (Å²) in [7, 11) is 0. The Labute approximate surface area is 196 Å². The van der Waals surface area contributed by atoms with E-state index in [1.54, 1.807) is 0 Å². The van der Waals surface area contributed by atoms with E-state index >= 15 is 0 Å². The maximum atomic E-state index is 6.35. The van der Waals surface area contributed by atoms with E-state index in [-0.39, 0.29) is 10.8 Å². The summed E-state index contributed by atoms with van der Waals surface area (Å²) in [5.41, 5.74) is 4.83. The van der Waals surface area contributed by atoms with Gasteiger partial charge < -0.3 is 9.47 Å². The van der Waals surface area contributed by atoms with Gasteiger partial charge in [0.2, 0.25) is 5.79 Å². The van der Waals surface area contributed by atoms with E-state index in [0.717, 1.165) is 31.4 Å². The molecular formula is C30H44O2. The summed E-state index contributed by atoms with van der Waals surface area (Å²) in [5.74, 6) is 1.45. The Hall–Kier alpha value is -1.80. The van der Waals surface area contributed by atoms with Crippen molar-refractivity contribution < 1.29 is 9.47 Å². The Balaban J connectivity index is 1.60. The van der Waals surface area contributed by atoms with Crippen LogP contribution in [0.4, 0.5) is 0 Å². The van der Waals surface area contributed by atoms with Crippen LogP contribution in [0.15, 0.2) is 48.5 Å². The topological polar surface area (TPSA) is 18.5 Å². The van der Waals surface area contributed by atoms with Crippen LogP contribution in [0.2, 0.25) is 0 Å². The van der Waals surface area contributed by atoms with Gasteiger partial charge in [0.25, 0.3) is 0 Å². The third-order valence-electron chi connectivity index (χ3n) is 6.86. The SMILES string of the molecule is CC(C)(OCCCCc1ccccc1)Oc1ccc2c(c1)C(C(C)(C)C)C(C(C)(C)C)C2.